The number of rotatable bonds is 3. The van der Waals surface area contributed by atoms with Crippen LogP contribution in [0.3, 0.4) is 0 Å². The number of benzene rings is 2. The first-order chi connectivity index (χ1) is 14.9. The number of hydrogen-bond donors (Lipinski definition) is 1. The lowest BCUT2D eigenvalue weighted by molar-refractivity contribution is -0.122. The lowest BCUT2D eigenvalue weighted by Gasteiger charge is -2.26. The van der Waals surface area contributed by atoms with Gasteiger partial charge in [-0.15, -0.1) is 0 Å². The second kappa shape index (κ2) is 7.66. The average Bonchev–Trinajstić information content (AvgIpc) is 3.32. The molecule has 0 radical (unpaired) electrons. The van der Waals surface area contributed by atoms with Crippen molar-refractivity contribution in [3.8, 4) is 11.3 Å². The van der Waals surface area contributed by atoms with Crippen LogP contribution in [0.2, 0.25) is 0 Å². The van der Waals surface area contributed by atoms with E-state index in [9.17, 15) is 13.4 Å². The van der Waals surface area contributed by atoms with Crippen LogP contribution in [-0.2, 0) is 35.0 Å². The van der Waals surface area contributed by atoms with Crippen LogP contribution < -0.4 is 10.0 Å². The summed E-state index contributed by atoms with van der Waals surface area (Å²) >= 11 is 0. The Hall–Kier alpha value is -2.90. The highest BCUT2D eigenvalue weighted by Gasteiger charge is 2.38. The van der Waals surface area contributed by atoms with E-state index in [1.165, 1.54) is 17.7 Å². The van der Waals surface area contributed by atoms with E-state index in [2.05, 4.69) is 17.1 Å². The summed E-state index contributed by atoms with van der Waals surface area (Å²) in [6, 6.07) is 14.8. The van der Waals surface area contributed by atoms with Crippen molar-refractivity contribution in [3.05, 3.63) is 77.2 Å². The van der Waals surface area contributed by atoms with Gasteiger partial charge in [0.1, 0.15) is 16.8 Å². The summed E-state index contributed by atoms with van der Waals surface area (Å²) in [6.45, 7) is 1.95. The maximum atomic E-state index is 14.2. The number of hydrogen-bond acceptors (Lipinski definition) is 3. The molecule has 5 nitrogen and oxygen atoms in total. The zero-order valence-corrected chi connectivity index (χ0v) is 17.9. The van der Waals surface area contributed by atoms with Gasteiger partial charge in [0.05, 0.1) is 10.6 Å². The number of fused-ring (bicyclic) bond motifs is 2. The Morgan fingerprint density at radius 1 is 1.10 bits per heavy atom. The van der Waals surface area contributed by atoms with Gasteiger partial charge in [-0.2, -0.15) is 0 Å². The molecule has 2 unspecified atom stereocenters. The molecule has 0 fully saturated rings. The Bertz CT molecular complexity index is 1210. The van der Waals surface area contributed by atoms with Gasteiger partial charge in [-0.25, -0.2) is 13.7 Å². The molecule has 31 heavy (non-hydrogen) atoms. The van der Waals surface area contributed by atoms with Gasteiger partial charge >= 0.3 is 0 Å². The molecule has 0 spiro atoms. The highest BCUT2D eigenvalue weighted by Crippen LogP contribution is 2.38. The largest absolute Gasteiger partial charge is 0.309 e. The van der Waals surface area contributed by atoms with Crippen LogP contribution in [0.4, 0.5) is 10.1 Å². The average molecular weight is 436 g/mol. The Morgan fingerprint density at radius 3 is 2.65 bits per heavy atom. The van der Waals surface area contributed by atoms with E-state index < -0.39 is 16.8 Å². The molecule has 158 valence electrons. The van der Waals surface area contributed by atoms with Gasteiger partial charge in [0, 0.05) is 29.4 Å². The van der Waals surface area contributed by atoms with Crippen molar-refractivity contribution in [1.82, 2.24) is 4.98 Å². The summed E-state index contributed by atoms with van der Waals surface area (Å²) in [5.74, 6) is -0.752. The molecule has 2 aromatic carbocycles. The third-order valence-electron chi connectivity index (χ3n) is 6.25. The number of amides is 1. The van der Waals surface area contributed by atoms with Crippen LogP contribution in [0.5, 0.6) is 0 Å². The van der Waals surface area contributed by atoms with Gasteiger partial charge in [0.25, 0.3) is 0 Å². The Kier molecular flexibility index (Phi) is 4.95. The van der Waals surface area contributed by atoms with Crippen LogP contribution in [0.15, 0.2) is 59.6 Å². The predicted octanol–water partition coefficient (Wildman–Crippen LogP) is 3.56. The molecule has 1 amide bonds. The van der Waals surface area contributed by atoms with Crippen LogP contribution in [0.25, 0.3) is 11.3 Å². The fraction of sp³-hybridized carbons (Fsp3) is 0.250. The van der Waals surface area contributed by atoms with E-state index in [1.807, 2.05) is 31.2 Å². The Labute approximate surface area is 182 Å². The first-order valence-corrected chi connectivity index (χ1v) is 11.5. The third kappa shape index (κ3) is 3.47. The molecule has 3 aromatic rings. The van der Waals surface area contributed by atoms with Crippen LogP contribution in [0, 0.1) is 11.7 Å². The summed E-state index contributed by atoms with van der Waals surface area (Å²) in [5, 5.41) is 5.43. The fourth-order valence-electron chi connectivity index (χ4n) is 4.79. The molecule has 7 heteroatoms. The van der Waals surface area contributed by atoms with Crippen molar-refractivity contribution in [3.63, 3.8) is 0 Å². The number of nitrogens with zero attached hydrogens (tertiary/aromatic N) is 2. The lowest BCUT2D eigenvalue weighted by atomic mass is 10.0. The van der Waals surface area contributed by atoms with Crippen molar-refractivity contribution >= 4 is 22.6 Å². The van der Waals surface area contributed by atoms with Crippen molar-refractivity contribution < 1.29 is 13.4 Å². The molecular formula is C24H22FN3O2S. The minimum Gasteiger partial charge on any atom is -0.309 e. The number of pyridine rings is 1. The molecule has 1 aliphatic carbocycles. The number of aromatic nitrogens is 1. The number of anilines is 1. The zero-order valence-electron chi connectivity index (χ0n) is 17.0. The van der Waals surface area contributed by atoms with Crippen molar-refractivity contribution in [2.24, 2.45) is 11.1 Å². The SMILES string of the molecule is CC1Cc2cc(F)c(S(N)=O)cc2N1C(=O)[C@@H]1Cc2ccc(-c3ccccn3)cc2C1. The summed E-state index contributed by atoms with van der Waals surface area (Å²) in [7, 11) is -1.95. The summed E-state index contributed by atoms with van der Waals surface area (Å²) in [4.78, 5) is 19.6. The normalized spacial score (nSPS) is 20.4. The van der Waals surface area contributed by atoms with Gasteiger partial charge in [0.2, 0.25) is 5.91 Å². The van der Waals surface area contributed by atoms with Gasteiger partial charge in [-0.3, -0.25) is 9.78 Å². The first-order valence-electron chi connectivity index (χ1n) is 10.3. The summed E-state index contributed by atoms with van der Waals surface area (Å²) in [5.41, 5.74) is 5.66. The molecule has 2 aliphatic rings. The van der Waals surface area contributed by atoms with Crippen LogP contribution >= 0.6 is 0 Å². The monoisotopic (exact) mass is 435 g/mol. The molecule has 0 saturated heterocycles. The van der Waals surface area contributed by atoms with Gasteiger partial charge in [0.15, 0.2) is 0 Å². The van der Waals surface area contributed by atoms with Gasteiger partial charge in [-0.05, 0) is 73.2 Å². The third-order valence-corrected chi connectivity index (χ3v) is 7.00. The number of nitrogens with two attached hydrogens (primary N) is 1. The minimum atomic E-state index is -1.95. The Morgan fingerprint density at radius 2 is 1.90 bits per heavy atom. The molecule has 1 aliphatic heterocycles. The number of halogens is 1. The molecule has 5 rings (SSSR count). The zero-order chi connectivity index (χ0) is 21.7. The van der Waals surface area contributed by atoms with E-state index in [4.69, 9.17) is 5.14 Å². The molecule has 1 aromatic heterocycles. The molecule has 2 N–H and O–H groups in total. The second-order valence-electron chi connectivity index (χ2n) is 8.27. The van der Waals surface area contributed by atoms with E-state index >= 15 is 0 Å². The topological polar surface area (TPSA) is 76.3 Å². The fourth-order valence-corrected chi connectivity index (χ4v) is 5.27. The predicted molar refractivity (Wildman–Crippen MR) is 118 cm³/mol. The molecular weight excluding hydrogens is 413 g/mol. The van der Waals surface area contributed by atoms with Gasteiger partial charge in [-0.1, -0.05) is 18.2 Å². The minimum absolute atomic E-state index is 0.0159. The molecule has 2 heterocycles. The lowest BCUT2D eigenvalue weighted by Crippen LogP contribution is -2.40. The smallest absolute Gasteiger partial charge is 0.231 e. The second-order valence-corrected chi connectivity index (χ2v) is 9.31. The van der Waals surface area contributed by atoms with E-state index in [-0.39, 0.29) is 22.8 Å². The van der Waals surface area contributed by atoms with Crippen LogP contribution in [-0.4, -0.2) is 21.1 Å². The van der Waals surface area contributed by atoms with E-state index in [0.29, 0.717) is 24.9 Å². The van der Waals surface area contributed by atoms with E-state index in [0.717, 1.165) is 22.4 Å². The summed E-state index contributed by atoms with van der Waals surface area (Å²) in [6.07, 6.45) is 3.67. The molecule has 3 atom stereocenters. The number of carbonyl (C=O) groups excluding carboxylic acids is 1. The first kappa shape index (κ1) is 20.0. The molecule has 0 bridgehead atoms. The van der Waals surface area contributed by atoms with Crippen LogP contribution in [0.1, 0.15) is 23.6 Å². The van der Waals surface area contributed by atoms with E-state index in [1.54, 1.807) is 11.1 Å². The van der Waals surface area contributed by atoms with Crippen molar-refractivity contribution in [2.75, 3.05) is 4.90 Å². The summed E-state index contributed by atoms with van der Waals surface area (Å²) < 4.78 is 25.9. The van der Waals surface area contributed by atoms with Crippen molar-refractivity contribution in [2.45, 2.75) is 37.1 Å². The number of carbonyl (C=O) groups is 1. The quantitative estimate of drug-likeness (QED) is 0.683. The standard InChI is InChI=1S/C24H22FN3O2S/c1-14-8-18-12-20(25)23(31(26)30)13-22(18)28(14)24(29)19-9-15-5-6-16(10-17(15)11-19)21-4-2-3-7-27-21/h2-7,10,12-14,19H,8-9,11,26H2,1H3/t14?,19-,31?/m1/s1. The van der Waals surface area contributed by atoms with Gasteiger partial charge < -0.3 is 4.90 Å². The highest BCUT2D eigenvalue weighted by atomic mass is 32.2. The Balaban J connectivity index is 1.43. The highest BCUT2D eigenvalue weighted by molar-refractivity contribution is 7.82. The maximum Gasteiger partial charge on any atom is 0.231 e. The molecule has 0 saturated carbocycles. The maximum absolute atomic E-state index is 14.2. The van der Waals surface area contributed by atoms with Crippen molar-refractivity contribution in [1.29, 1.82) is 0 Å².